The Labute approximate surface area is 62.6 Å². The maximum atomic E-state index is 10.2. The van der Waals surface area contributed by atoms with E-state index in [2.05, 4.69) is 6.92 Å². The van der Waals surface area contributed by atoms with Gasteiger partial charge in [-0.05, 0) is 6.42 Å². The number of carbonyl (C=O) groups excluding carboxylic acids is 1. The molecular formula is C8H16O2. The van der Waals surface area contributed by atoms with Crippen LogP contribution in [-0.4, -0.2) is 19.5 Å². The van der Waals surface area contributed by atoms with Gasteiger partial charge in [-0.25, -0.2) is 0 Å². The molecule has 0 N–H and O–H groups in total. The number of unbranched alkanes of at least 4 members (excludes halogenated alkanes) is 2. The molecule has 0 aliphatic rings. The molecule has 0 saturated carbocycles. The van der Waals surface area contributed by atoms with Gasteiger partial charge in [-0.1, -0.05) is 26.2 Å². The smallest absolute Gasteiger partial charge is 0.148 e. The van der Waals surface area contributed by atoms with Crippen LogP contribution in [0.3, 0.4) is 0 Å². The predicted octanol–water partition coefficient (Wildman–Crippen LogP) is 1.78. The normalized spacial score (nSPS) is 13.0. The Bertz CT molecular complexity index is 81.3. The Morgan fingerprint density at radius 1 is 1.50 bits per heavy atom. The molecule has 0 aliphatic heterocycles. The summed E-state index contributed by atoms with van der Waals surface area (Å²) in [5, 5.41) is 0. The molecule has 2 heteroatoms. The highest BCUT2D eigenvalue weighted by Gasteiger charge is 2.02. The van der Waals surface area contributed by atoms with Crippen molar-refractivity contribution in [2.75, 3.05) is 7.11 Å². The van der Waals surface area contributed by atoms with E-state index in [9.17, 15) is 4.79 Å². The largest absolute Gasteiger partial charge is 0.374 e. The molecule has 0 amide bonds. The van der Waals surface area contributed by atoms with E-state index >= 15 is 0 Å². The van der Waals surface area contributed by atoms with Crippen molar-refractivity contribution in [3.8, 4) is 0 Å². The highest BCUT2D eigenvalue weighted by Crippen LogP contribution is 2.03. The molecule has 0 unspecified atom stereocenters. The van der Waals surface area contributed by atoms with E-state index < -0.39 is 0 Å². The fraction of sp³-hybridized carbons (Fsp3) is 0.875. The lowest BCUT2D eigenvalue weighted by molar-refractivity contribution is -0.116. The first-order valence-corrected chi connectivity index (χ1v) is 3.83. The van der Waals surface area contributed by atoms with Gasteiger partial charge in [-0.3, -0.25) is 0 Å². The van der Waals surface area contributed by atoms with Gasteiger partial charge >= 0.3 is 0 Å². The molecule has 0 heterocycles. The number of hydrogen-bond donors (Lipinski definition) is 0. The highest BCUT2D eigenvalue weighted by atomic mass is 16.5. The van der Waals surface area contributed by atoms with Crippen molar-refractivity contribution in [3.05, 3.63) is 0 Å². The molecule has 0 aromatic rings. The van der Waals surface area contributed by atoms with Crippen LogP contribution in [0.2, 0.25) is 0 Å². The van der Waals surface area contributed by atoms with Crippen molar-refractivity contribution >= 4 is 6.29 Å². The molecule has 0 saturated heterocycles. The fourth-order valence-corrected chi connectivity index (χ4v) is 0.837. The number of rotatable bonds is 6. The Balaban J connectivity index is 3.17. The number of carbonyl (C=O) groups is 1. The lowest BCUT2D eigenvalue weighted by Gasteiger charge is -2.05. The summed E-state index contributed by atoms with van der Waals surface area (Å²) in [6, 6.07) is 0. The minimum Gasteiger partial charge on any atom is -0.374 e. The van der Waals surface area contributed by atoms with Gasteiger partial charge in [0, 0.05) is 7.11 Å². The summed E-state index contributed by atoms with van der Waals surface area (Å²) in [5.41, 5.74) is 0. The molecule has 10 heavy (non-hydrogen) atoms. The van der Waals surface area contributed by atoms with E-state index in [4.69, 9.17) is 4.74 Å². The maximum Gasteiger partial charge on any atom is 0.148 e. The lowest BCUT2D eigenvalue weighted by Crippen LogP contribution is -2.11. The minimum atomic E-state index is -0.174. The van der Waals surface area contributed by atoms with E-state index in [1.807, 2.05) is 0 Å². The number of ether oxygens (including phenoxy) is 1. The summed E-state index contributed by atoms with van der Waals surface area (Å²) in [7, 11) is 1.57. The predicted molar refractivity (Wildman–Crippen MR) is 41.0 cm³/mol. The van der Waals surface area contributed by atoms with Crippen LogP contribution in [0, 0.1) is 0 Å². The molecule has 60 valence electrons. The summed E-state index contributed by atoms with van der Waals surface area (Å²) >= 11 is 0. The molecule has 0 aliphatic carbocycles. The molecule has 2 nitrogen and oxygen atoms in total. The van der Waals surface area contributed by atoms with Crippen LogP contribution in [-0.2, 0) is 9.53 Å². The van der Waals surface area contributed by atoms with Gasteiger partial charge in [0.1, 0.15) is 12.4 Å². The van der Waals surface area contributed by atoms with Crippen LogP contribution in [0.25, 0.3) is 0 Å². The van der Waals surface area contributed by atoms with Crippen molar-refractivity contribution in [1.29, 1.82) is 0 Å². The third-order valence-corrected chi connectivity index (χ3v) is 1.55. The summed E-state index contributed by atoms with van der Waals surface area (Å²) in [5.74, 6) is 0. The van der Waals surface area contributed by atoms with Crippen LogP contribution in [0.5, 0.6) is 0 Å². The molecule has 1 atom stereocenters. The zero-order valence-electron chi connectivity index (χ0n) is 6.80. The van der Waals surface area contributed by atoms with Crippen molar-refractivity contribution in [2.24, 2.45) is 0 Å². The summed E-state index contributed by atoms with van der Waals surface area (Å²) in [6.07, 6.45) is 5.03. The monoisotopic (exact) mass is 144 g/mol. The Hall–Kier alpha value is -0.370. The quantitative estimate of drug-likeness (QED) is 0.419. The molecule has 0 fully saturated rings. The van der Waals surface area contributed by atoms with Gasteiger partial charge < -0.3 is 9.53 Å². The van der Waals surface area contributed by atoms with E-state index in [1.54, 1.807) is 7.11 Å². The first-order chi connectivity index (χ1) is 4.85. The van der Waals surface area contributed by atoms with Gasteiger partial charge in [0.05, 0.1) is 0 Å². The average molecular weight is 144 g/mol. The van der Waals surface area contributed by atoms with Crippen LogP contribution >= 0.6 is 0 Å². The first-order valence-electron chi connectivity index (χ1n) is 3.83. The van der Waals surface area contributed by atoms with Crippen molar-refractivity contribution in [1.82, 2.24) is 0 Å². The third-order valence-electron chi connectivity index (χ3n) is 1.55. The Morgan fingerprint density at radius 2 is 2.20 bits per heavy atom. The summed E-state index contributed by atoms with van der Waals surface area (Å²) < 4.78 is 4.88. The second-order valence-corrected chi connectivity index (χ2v) is 2.41. The first kappa shape index (κ1) is 9.63. The molecule has 0 aromatic heterocycles. The number of aldehydes is 1. The zero-order valence-corrected chi connectivity index (χ0v) is 6.80. The highest BCUT2D eigenvalue weighted by molar-refractivity contribution is 5.55. The van der Waals surface area contributed by atoms with E-state index in [0.717, 1.165) is 19.1 Å². The molecule has 0 aromatic carbocycles. The van der Waals surface area contributed by atoms with Crippen molar-refractivity contribution in [2.45, 2.75) is 38.7 Å². The van der Waals surface area contributed by atoms with Crippen LogP contribution < -0.4 is 0 Å². The Morgan fingerprint density at radius 3 is 2.60 bits per heavy atom. The molecule has 0 rings (SSSR count). The van der Waals surface area contributed by atoms with Crippen LogP contribution in [0.1, 0.15) is 32.6 Å². The number of hydrogen-bond acceptors (Lipinski definition) is 2. The SMILES string of the molecule is CCCCC[C@H](C=O)OC. The van der Waals surface area contributed by atoms with Gasteiger partial charge in [0.2, 0.25) is 0 Å². The molecule has 0 radical (unpaired) electrons. The fourth-order valence-electron chi connectivity index (χ4n) is 0.837. The van der Waals surface area contributed by atoms with E-state index in [-0.39, 0.29) is 6.10 Å². The molecular weight excluding hydrogens is 128 g/mol. The minimum absolute atomic E-state index is 0.174. The molecule has 0 bridgehead atoms. The van der Waals surface area contributed by atoms with Crippen LogP contribution in [0.4, 0.5) is 0 Å². The van der Waals surface area contributed by atoms with Gasteiger partial charge in [-0.15, -0.1) is 0 Å². The van der Waals surface area contributed by atoms with Gasteiger partial charge in [0.25, 0.3) is 0 Å². The van der Waals surface area contributed by atoms with Gasteiger partial charge in [-0.2, -0.15) is 0 Å². The second kappa shape index (κ2) is 6.75. The lowest BCUT2D eigenvalue weighted by atomic mass is 10.1. The van der Waals surface area contributed by atoms with Crippen molar-refractivity contribution < 1.29 is 9.53 Å². The Kier molecular flexibility index (Phi) is 6.50. The summed E-state index contributed by atoms with van der Waals surface area (Å²) in [6.45, 7) is 2.14. The summed E-state index contributed by atoms with van der Waals surface area (Å²) in [4.78, 5) is 10.2. The van der Waals surface area contributed by atoms with E-state index in [0.29, 0.717) is 0 Å². The number of methoxy groups -OCH3 is 1. The van der Waals surface area contributed by atoms with E-state index in [1.165, 1.54) is 12.8 Å². The standard InChI is InChI=1S/C8H16O2/c1-3-4-5-6-8(7-9)10-2/h7-8H,3-6H2,1-2H3/t8-/m1/s1. The maximum absolute atomic E-state index is 10.2. The average Bonchev–Trinajstić information content (AvgIpc) is 1.99. The molecule has 0 spiro atoms. The van der Waals surface area contributed by atoms with Crippen molar-refractivity contribution in [3.63, 3.8) is 0 Å². The topological polar surface area (TPSA) is 26.3 Å². The zero-order chi connectivity index (χ0) is 7.82. The van der Waals surface area contributed by atoms with Gasteiger partial charge in [0.15, 0.2) is 0 Å². The second-order valence-electron chi connectivity index (χ2n) is 2.41. The van der Waals surface area contributed by atoms with Crippen LogP contribution in [0.15, 0.2) is 0 Å². The third kappa shape index (κ3) is 4.50.